The largest absolute Gasteiger partial charge is 0.298 e. The van der Waals surface area contributed by atoms with E-state index in [0.717, 1.165) is 4.31 Å². The quantitative estimate of drug-likeness (QED) is 0.471. The topological polar surface area (TPSA) is 123 Å². The van der Waals surface area contributed by atoms with Crippen molar-refractivity contribution in [2.75, 3.05) is 19.4 Å². The molecule has 1 heterocycles. The highest BCUT2D eigenvalue weighted by atomic mass is 32.2. The molecule has 3 rings (SSSR count). The van der Waals surface area contributed by atoms with Crippen LogP contribution in [0, 0.1) is 10.1 Å². The molecule has 1 amide bonds. The van der Waals surface area contributed by atoms with Gasteiger partial charge in [-0.2, -0.15) is 0 Å². The van der Waals surface area contributed by atoms with Gasteiger partial charge < -0.3 is 0 Å². The Morgan fingerprint density at radius 1 is 1.10 bits per heavy atom. The number of anilines is 1. The number of amides is 1. The van der Waals surface area contributed by atoms with Gasteiger partial charge in [0.1, 0.15) is 0 Å². The summed E-state index contributed by atoms with van der Waals surface area (Å²) >= 11 is 1.21. The number of rotatable bonds is 6. The monoisotopic (exact) mass is 432 g/mol. The number of carbonyl (C=O) groups is 1. The second-order valence-electron chi connectivity index (χ2n) is 6.11. The summed E-state index contributed by atoms with van der Waals surface area (Å²) in [7, 11) is -0.702. The lowest BCUT2D eigenvalue weighted by Crippen LogP contribution is -2.22. The maximum atomic E-state index is 12.4. The SMILES string of the molecule is CN(C)S(=O)(=O)c1ccc(C(=O)Nc2nc(-c3ccc([N+](=O)[O-])cc3)cs2)cc1. The molecule has 3 aromatic rings. The number of nitrogens with one attached hydrogen (secondary N) is 1. The van der Waals surface area contributed by atoms with E-state index in [9.17, 15) is 23.3 Å². The van der Waals surface area contributed by atoms with Crippen LogP contribution < -0.4 is 5.32 Å². The molecule has 150 valence electrons. The molecule has 0 saturated carbocycles. The third kappa shape index (κ3) is 4.47. The average Bonchev–Trinajstić information content (AvgIpc) is 3.16. The van der Waals surface area contributed by atoms with E-state index < -0.39 is 20.9 Å². The van der Waals surface area contributed by atoms with E-state index in [2.05, 4.69) is 10.3 Å². The normalized spacial score (nSPS) is 11.4. The van der Waals surface area contributed by atoms with Gasteiger partial charge in [0, 0.05) is 42.7 Å². The second-order valence-corrected chi connectivity index (χ2v) is 9.12. The third-order valence-corrected chi connectivity index (χ3v) is 6.58. The molecule has 0 aliphatic heterocycles. The van der Waals surface area contributed by atoms with Crippen molar-refractivity contribution in [1.82, 2.24) is 9.29 Å². The van der Waals surface area contributed by atoms with Gasteiger partial charge in [0.15, 0.2) is 5.13 Å². The van der Waals surface area contributed by atoms with Crippen LogP contribution in [0.2, 0.25) is 0 Å². The number of thiazole rings is 1. The maximum Gasteiger partial charge on any atom is 0.269 e. The zero-order chi connectivity index (χ0) is 21.2. The maximum absolute atomic E-state index is 12.4. The summed E-state index contributed by atoms with van der Waals surface area (Å²) in [5.74, 6) is -0.427. The van der Waals surface area contributed by atoms with Gasteiger partial charge >= 0.3 is 0 Å². The summed E-state index contributed by atoms with van der Waals surface area (Å²) in [6, 6.07) is 11.5. The fraction of sp³-hybridized carbons (Fsp3) is 0.111. The Bertz CT molecular complexity index is 1150. The predicted molar refractivity (Wildman–Crippen MR) is 109 cm³/mol. The van der Waals surface area contributed by atoms with Crippen LogP contribution in [-0.2, 0) is 10.0 Å². The third-order valence-electron chi connectivity index (χ3n) is 3.99. The minimum absolute atomic E-state index is 0.0165. The molecule has 11 heteroatoms. The molecular weight excluding hydrogens is 416 g/mol. The van der Waals surface area contributed by atoms with Gasteiger partial charge in [-0.3, -0.25) is 20.2 Å². The van der Waals surface area contributed by atoms with Gasteiger partial charge in [-0.25, -0.2) is 17.7 Å². The molecule has 0 spiro atoms. The first-order valence-electron chi connectivity index (χ1n) is 8.23. The Labute approximate surface area is 170 Å². The molecule has 1 N–H and O–H groups in total. The molecular formula is C18H16N4O5S2. The van der Waals surface area contributed by atoms with Crippen LogP contribution in [0.15, 0.2) is 58.8 Å². The number of nitrogens with zero attached hydrogens (tertiary/aromatic N) is 3. The summed E-state index contributed by atoms with van der Waals surface area (Å²) in [5, 5.41) is 15.5. The van der Waals surface area contributed by atoms with E-state index in [0.29, 0.717) is 16.4 Å². The number of hydrogen-bond donors (Lipinski definition) is 1. The van der Waals surface area contributed by atoms with Gasteiger partial charge in [0.2, 0.25) is 10.0 Å². The fourth-order valence-corrected chi connectivity index (χ4v) is 3.99. The lowest BCUT2D eigenvalue weighted by molar-refractivity contribution is -0.384. The molecule has 0 unspecified atom stereocenters. The molecule has 0 aliphatic rings. The van der Waals surface area contributed by atoms with Crippen molar-refractivity contribution in [3.05, 3.63) is 69.6 Å². The van der Waals surface area contributed by atoms with Gasteiger partial charge in [-0.05, 0) is 36.4 Å². The first kappa shape index (κ1) is 20.6. The minimum atomic E-state index is -3.56. The summed E-state index contributed by atoms with van der Waals surface area (Å²) in [6.45, 7) is 0. The van der Waals surface area contributed by atoms with Gasteiger partial charge in [-0.1, -0.05) is 0 Å². The molecule has 0 saturated heterocycles. The zero-order valence-electron chi connectivity index (χ0n) is 15.4. The summed E-state index contributed by atoms with van der Waals surface area (Å²) in [4.78, 5) is 27.0. The van der Waals surface area contributed by atoms with Crippen LogP contribution in [0.4, 0.5) is 10.8 Å². The van der Waals surface area contributed by atoms with Crippen molar-refractivity contribution in [3.63, 3.8) is 0 Å². The molecule has 29 heavy (non-hydrogen) atoms. The van der Waals surface area contributed by atoms with Crippen LogP contribution in [0.25, 0.3) is 11.3 Å². The highest BCUT2D eigenvalue weighted by Gasteiger charge is 2.18. The predicted octanol–water partition coefficient (Wildman–Crippen LogP) is 3.22. The van der Waals surface area contributed by atoms with Gasteiger partial charge in [-0.15, -0.1) is 11.3 Å². The molecule has 1 aromatic heterocycles. The number of sulfonamides is 1. The number of nitro groups is 1. The average molecular weight is 432 g/mol. The van der Waals surface area contributed by atoms with Crippen LogP contribution in [0.5, 0.6) is 0 Å². The van der Waals surface area contributed by atoms with E-state index in [-0.39, 0.29) is 16.1 Å². The zero-order valence-corrected chi connectivity index (χ0v) is 17.0. The Morgan fingerprint density at radius 2 is 1.72 bits per heavy atom. The van der Waals surface area contributed by atoms with Crippen molar-refractivity contribution in [2.45, 2.75) is 4.90 Å². The Kier molecular flexibility index (Phi) is 5.73. The second kappa shape index (κ2) is 8.07. The van der Waals surface area contributed by atoms with Crippen molar-refractivity contribution in [3.8, 4) is 11.3 Å². The van der Waals surface area contributed by atoms with Crippen molar-refractivity contribution in [1.29, 1.82) is 0 Å². The van der Waals surface area contributed by atoms with Crippen molar-refractivity contribution in [2.24, 2.45) is 0 Å². The molecule has 0 radical (unpaired) electrons. The Hall–Kier alpha value is -3.15. The van der Waals surface area contributed by atoms with Crippen molar-refractivity contribution < 1.29 is 18.1 Å². The van der Waals surface area contributed by atoms with Crippen LogP contribution in [-0.4, -0.2) is 42.6 Å². The molecule has 0 fully saturated rings. The van der Waals surface area contributed by atoms with Crippen LogP contribution in [0.3, 0.4) is 0 Å². The fourth-order valence-electron chi connectivity index (χ4n) is 2.38. The molecule has 2 aromatic carbocycles. The Morgan fingerprint density at radius 3 is 2.28 bits per heavy atom. The van der Waals surface area contributed by atoms with E-state index in [1.807, 2.05) is 0 Å². The minimum Gasteiger partial charge on any atom is -0.298 e. The number of aromatic nitrogens is 1. The first-order chi connectivity index (χ1) is 13.7. The first-order valence-corrected chi connectivity index (χ1v) is 10.5. The molecule has 0 aliphatic carbocycles. The van der Waals surface area contributed by atoms with Crippen LogP contribution in [0.1, 0.15) is 10.4 Å². The standard InChI is InChI=1S/C18H16N4O5S2/c1-21(2)29(26,27)15-9-5-13(6-10-15)17(23)20-18-19-16(11-28-18)12-3-7-14(8-4-12)22(24)25/h3-11H,1-2H3,(H,19,20,23). The van der Waals surface area contributed by atoms with E-state index in [4.69, 9.17) is 0 Å². The number of nitro benzene ring substituents is 1. The van der Waals surface area contributed by atoms with Gasteiger partial charge in [0.25, 0.3) is 11.6 Å². The number of benzene rings is 2. The lowest BCUT2D eigenvalue weighted by Gasteiger charge is -2.11. The highest BCUT2D eigenvalue weighted by molar-refractivity contribution is 7.89. The highest BCUT2D eigenvalue weighted by Crippen LogP contribution is 2.27. The van der Waals surface area contributed by atoms with E-state index in [1.165, 1.54) is 61.8 Å². The van der Waals surface area contributed by atoms with E-state index in [1.54, 1.807) is 17.5 Å². The molecule has 0 bridgehead atoms. The van der Waals surface area contributed by atoms with Crippen molar-refractivity contribution >= 4 is 38.1 Å². The van der Waals surface area contributed by atoms with Crippen LogP contribution >= 0.6 is 11.3 Å². The molecule has 0 atom stereocenters. The Balaban J connectivity index is 1.72. The summed E-state index contributed by atoms with van der Waals surface area (Å²) in [5.41, 5.74) is 1.53. The number of hydrogen-bond acceptors (Lipinski definition) is 7. The molecule has 9 nitrogen and oxygen atoms in total. The van der Waals surface area contributed by atoms with Gasteiger partial charge in [0.05, 0.1) is 15.5 Å². The number of non-ortho nitro benzene ring substituents is 1. The number of carbonyl (C=O) groups excluding carboxylic acids is 1. The van der Waals surface area contributed by atoms with E-state index >= 15 is 0 Å². The summed E-state index contributed by atoms with van der Waals surface area (Å²) in [6.07, 6.45) is 0. The lowest BCUT2D eigenvalue weighted by atomic mass is 10.1. The summed E-state index contributed by atoms with van der Waals surface area (Å²) < 4.78 is 25.3. The smallest absolute Gasteiger partial charge is 0.269 e.